The van der Waals surface area contributed by atoms with Gasteiger partial charge >= 0.3 is 0 Å². The first-order chi connectivity index (χ1) is 12.7. The minimum absolute atomic E-state index is 0. The molecule has 1 aliphatic rings. The summed E-state index contributed by atoms with van der Waals surface area (Å²) in [5.41, 5.74) is 2.21. The highest BCUT2D eigenvalue weighted by atomic mass is 127. The fourth-order valence-corrected chi connectivity index (χ4v) is 2.89. The maximum Gasteiger partial charge on any atom is 0.191 e. The molecule has 1 aliphatic heterocycles. The average Bonchev–Trinajstić information content (AvgIpc) is 3.07. The fourth-order valence-electron chi connectivity index (χ4n) is 2.89. The summed E-state index contributed by atoms with van der Waals surface area (Å²) in [6.45, 7) is 5.95. The Hall–Kier alpha value is -1.88. The van der Waals surface area contributed by atoms with Crippen LogP contribution in [-0.4, -0.2) is 53.6 Å². The molecule has 3 heterocycles. The Morgan fingerprint density at radius 2 is 2.11 bits per heavy atom. The first kappa shape index (κ1) is 21.4. The predicted molar refractivity (Wildman–Crippen MR) is 118 cm³/mol. The maximum absolute atomic E-state index is 5.58. The van der Waals surface area contributed by atoms with Crippen molar-refractivity contribution >= 4 is 35.8 Å². The highest BCUT2D eigenvalue weighted by Gasteiger charge is 2.17. The number of ether oxygens (including phenoxy) is 1. The van der Waals surface area contributed by atoms with Gasteiger partial charge in [-0.15, -0.1) is 24.0 Å². The molecule has 0 aromatic carbocycles. The van der Waals surface area contributed by atoms with Gasteiger partial charge in [0, 0.05) is 46.1 Å². The highest BCUT2D eigenvalue weighted by Crippen LogP contribution is 2.15. The number of halogens is 1. The molecule has 2 aromatic rings. The third-order valence-corrected chi connectivity index (χ3v) is 4.42. The molecule has 1 fully saturated rings. The zero-order chi connectivity index (χ0) is 18.4. The number of pyridine rings is 1. The lowest BCUT2D eigenvalue weighted by Crippen LogP contribution is -2.41. The van der Waals surface area contributed by atoms with Gasteiger partial charge < -0.3 is 20.3 Å². The van der Waals surface area contributed by atoms with Crippen LogP contribution < -0.4 is 15.5 Å². The summed E-state index contributed by atoms with van der Waals surface area (Å²) in [6, 6.07) is 6.15. The number of aryl methyl sites for hydroxylation is 1. The van der Waals surface area contributed by atoms with Crippen molar-refractivity contribution in [3.63, 3.8) is 0 Å². The van der Waals surface area contributed by atoms with Gasteiger partial charge in [0.05, 0.1) is 24.9 Å². The van der Waals surface area contributed by atoms with E-state index in [0.29, 0.717) is 13.1 Å². The Kier molecular flexibility index (Phi) is 8.29. The summed E-state index contributed by atoms with van der Waals surface area (Å²) in [6.07, 6.45) is 3.95. The molecule has 27 heavy (non-hydrogen) atoms. The Morgan fingerprint density at radius 1 is 1.30 bits per heavy atom. The average molecular weight is 485 g/mol. The number of nitrogens with zero attached hydrogens (tertiary/aromatic N) is 5. The maximum atomic E-state index is 5.58. The molecule has 148 valence electrons. The number of nitrogens with one attached hydrogen (secondary N) is 2. The second-order valence-corrected chi connectivity index (χ2v) is 6.38. The van der Waals surface area contributed by atoms with E-state index in [1.165, 1.54) is 0 Å². The molecular formula is C18H28IN7O. The monoisotopic (exact) mass is 485 g/mol. The zero-order valence-electron chi connectivity index (χ0n) is 16.1. The number of morpholine rings is 1. The molecule has 0 amide bonds. The Bertz CT molecular complexity index is 732. The third kappa shape index (κ3) is 6.06. The second kappa shape index (κ2) is 10.5. The molecule has 0 bridgehead atoms. The van der Waals surface area contributed by atoms with Gasteiger partial charge in [0.25, 0.3) is 0 Å². The number of aliphatic imine (C=N–C) groups is 1. The van der Waals surface area contributed by atoms with E-state index in [0.717, 1.165) is 42.7 Å². The van der Waals surface area contributed by atoms with Crippen molar-refractivity contribution in [1.29, 1.82) is 0 Å². The first-order valence-electron chi connectivity index (χ1n) is 8.88. The van der Waals surface area contributed by atoms with E-state index in [1.807, 2.05) is 24.0 Å². The summed E-state index contributed by atoms with van der Waals surface area (Å²) in [5, 5.41) is 10.8. The number of guanidine groups is 1. The zero-order valence-corrected chi connectivity index (χ0v) is 18.4. The van der Waals surface area contributed by atoms with Crippen LogP contribution in [0.4, 0.5) is 5.82 Å². The molecule has 0 saturated carbocycles. The fraction of sp³-hybridized carbons (Fsp3) is 0.500. The topological polar surface area (TPSA) is 79.6 Å². The molecular weight excluding hydrogens is 457 g/mol. The van der Waals surface area contributed by atoms with Crippen LogP contribution in [0.15, 0.2) is 35.6 Å². The lowest BCUT2D eigenvalue weighted by Gasteiger charge is -2.32. The standard InChI is InChI=1S/C18H27N7O.HI/c1-14-13-25(8-9-26-14)17-5-4-15(10-20-17)11-21-18(19-2)22-12-16-6-7-23-24(16)3;/h4-7,10,14H,8-9,11-13H2,1-3H3,(H2,19,21,22);1H. The van der Waals surface area contributed by atoms with Gasteiger partial charge in [0.2, 0.25) is 0 Å². The molecule has 0 spiro atoms. The van der Waals surface area contributed by atoms with Gasteiger partial charge in [-0.2, -0.15) is 5.10 Å². The van der Waals surface area contributed by atoms with E-state index in [1.54, 1.807) is 13.2 Å². The summed E-state index contributed by atoms with van der Waals surface area (Å²) < 4.78 is 7.43. The Labute approximate surface area is 177 Å². The molecule has 0 aliphatic carbocycles. The number of anilines is 1. The van der Waals surface area contributed by atoms with Gasteiger partial charge in [0.15, 0.2) is 5.96 Å². The van der Waals surface area contributed by atoms with Crippen molar-refractivity contribution in [2.75, 3.05) is 31.6 Å². The highest BCUT2D eigenvalue weighted by molar-refractivity contribution is 14.0. The van der Waals surface area contributed by atoms with Gasteiger partial charge in [-0.1, -0.05) is 6.07 Å². The van der Waals surface area contributed by atoms with Crippen LogP contribution in [0.1, 0.15) is 18.2 Å². The largest absolute Gasteiger partial charge is 0.375 e. The second-order valence-electron chi connectivity index (χ2n) is 6.38. The Morgan fingerprint density at radius 3 is 2.74 bits per heavy atom. The summed E-state index contributed by atoms with van der Waals surface area (Å²) in [4.78, 5) is 11.1. The molecule has 0 radical (unpaired) electrons. The van der Waals surface area contributed by atoms with Crippen molar-refractivity contribution in [3.05, 3.63) is 41.9 Å². The molecule has 1 saturated heterocycles. The minimum atomic E-state index is 0. The Balaban J connectivity index is 0.00000261. The van der Waals surface area contributed by atoms with Crippen molar-refractivity contribution in [2.45, 2.75) is 26.1 Å². The van der Waals surface area contributed by atoms with Crippen LogP contribution in [0.25, 0.3) is 0 Å². The van der Waals surface area contributed by atoms with Gasteiger partial charge in [-0.05, 0) is 24.6 Å². The van der Waals surface area contributed by atoms with E-state index in [9.17, 15) is 0 Å². The molecule has 9 heteroatoms. The van der Waals surface area contributed by atoms with E-state index < -0.39 is 0 Å². The van der Waals surface area contributed by atoms with Crippen LogP contribution >= 0.6 is 24.0 Å². The molecule has 1 atom stereocenters. The van der Waals surface area contributed by atoms with Crippen LogP contribution in [0.5, 0.6) is 0 Å². The molecule has 1 unspecified atom stereocenters. The summed E-state index contributed by atoms with van der Waals surface area (Å²) >= 11 is 0. The van der Waals surface area contributed by atoms with E-state index in [4.69, 9.17) is 4.74 Å². The van der Waals surface area contributed by atoms with Crippen molar-refractivity contribution in [3.8, 4) is 0 Å². The number of hydrogen-bond acceptors (Lipinski definition) is 5. The van der Waals surface area contributed by atoms with Crippen molar-refractivity contribution < 1.29 is 4.74 Å². The molecule has 2 N–H and O–H groups in total. The smallest absolute Gasteiger partial charge is 0.191 e. The SMILES string of the molecule is CN=C(NCc1ccc(N2CCOC(C)C2)nc1)NCc1ccnn1C.I. The van der Waals surface area contributed by atoms with E-state index in [2.05, 4.69) is 49.7 Å². The molecule has 3 rings (SSSR count). The lowest BCUT2D eigenvalue weighted by atomic mass is 10.2. The van der Waals surface area contributed by atoms with Crippen molar-refractivity contribution in [2.24, 2.45) is 12.0 Å². The quantitative estimate of drug-likeness (QED) is 0.380. The third-order valence-electron chi connectivity index (χ3n) is 4.42. The first-order valence-corrected chi connectivity index (χ1v) is 8.88. The van der Waals surface area contributed by atoms with Gasteiger partial charge in [-0.25, -0.2) is 4.98 Å². The lowest BCUT2D eigenvalue weighted by molar-refractivity contribution is 0.0529. The van der Waals surface area contributed by atoms with Crippen LogP contribution in [0.3, 0.4) is 0 Å². The minimum Gasteiger partial charge on any atom is -0.375 e. The van der Waals surface area contributed by atoms with E-state index >= 15 is 0 Å². The van der Waals surface area contributed by atoms with Gasteiger partial charge in [0.1, 0.15) is 5.82 Å². The van der Waals surface area contributed by atoms with Crippen LogP contribution in [0, 0.1) is 0 Å². The summed E-state index contributed by atoms with van der Waals surface area (Å²) in [5.74, 6) is 1.75. The molecule has 2 aromatic heterocycles. The van der Waals surface area contributed by atoms with Crippen LogP contribution in [-0.2, 0) is 24.9 Å². The normalized spacial score (nSPS) is 17.4. The molecule has 8 nitrogen and oxygen atoms in total. The number of hydrogen-bond donors (Lipinski definition) is 2. The number of aromatic nitrogens is 3. The van der Waals surface area contributed by atoms with E-state index in [-0.39, 0.29) is 30.1 Å². The van der Waals surface area contributed by atoms with Crippen molar-refractivity contribution in [1.82, 2.24) is 25.4 Å². The summed E-state index contributed by atoms with van der Waals surface area (Å²) in [7, 11) is 3.69. The number of rotatable bonds is 5. The predicted octanol–water partition coefficient (Wildman–Crippen LogP) is 1.52. The van der Waals surface area contributed by atoms with Crippen LogP contribution in [0.2, 0.25) is 0 Å². The van der Waals surface area contributed by atoms with Gasteiger partial charge in [-0.3, -0.25) is 9.67 Å².